The van der Waals surface area contributed by atoms with Gasteiger partial charge in [0.25, 0.3) is 5.91 Å². The Labute approximate surface area is 188 Å². The molecule has 0 bridgehead atoms. The molecule has 1 amide bonds. The lowest BCUT2D eigenvalue weighted by atomic mass is 9.81. The molecule has 1 spiro atoms. The van der Waals surface area contributed by atoms with Crippen molar-refractivity contribution in [1.29, 1.82) is 0 Å². The van der Waals surface area contributed by atoms with Gasteiger partial charge in [0.05, 0.1) is 17.5 Å². The van der Waals surface area contributed by atoms with Crippen molar-refractivity contribution in [2.75, 3.05) is 13.1 Å². The molecule has 1 saturated heterocycles. The van der Waals surface area contributed by atoms with Gasteiger partial charge in [-0.05, 0) is 56.2 Å². The van der Waals surface area contributed by atoms with Crippen molar-refractivity contribution in [2.24, 2.45) is 7.05 Å². The van der Waals surface area contributed by atoms with Crippen LogP contribution in [0.3, 0.4) is 0 Å². The highest BCUT2D eigenvalue weighted by molar-refractivity contribution is 5.94. The number of carbonyl (C=O) groups is 1. The molecule has 0 unspecified atom stereocenters. The molecule has 166 valence electrons. The number of likely N-dealkylation sites (tertiary alicyclic amines) is 1. The van der Waals surface area contributed by atoms with Gasteiger partial charge in [0, 0.05) is 49.7 Å². The number of ether oxygens (including phenoxy) is 1. The molecule has 0 radical (unpaired) electrons. The summed E-state index contributed by atoms with van der Waals surface area (Å²) in [6.45, 7) is 6.68. The molecular weight excluding hydrogens is 402 g/mol. The normalized spacial score (nSPS) is 17.0. The van der Waals surface area contributed by atoms with E-state index in [4.69, 9.17) is 4.74 Å². The van der Waals surface area contributed by atoms with Crippen molar-refractivity contribution in [3.05, 3.63) is 70.9 Å². The molecule has 1 N–H and O–H groups in total. The van der Waals surface area contributed by atoms with E-state index in [2.05, 4.69) is 11.2 Å². The molecule has 2 aliphatic rings. The number of para-hydroxylation sites is 1. The molecule has 5 rings (SSSR count). The number of hydrogen-bond donors (Lipinski definition) is 1. The van der Waals surface area contributed by atoms with Crippen molar-refractivity contribution >= 4 is 5.91 Å². The van der Waals surface area contributed by atoms with Crippen LogP contribution in [0.25, 0.3) is 11.3 Å². The predicted octanol–water partition coefficient (Wildman–Crippen LogP) is 4.15. The third kappa shape index (κ3) is 3.21. The summed E-state index contributed by atoms with van der Waals surface area (Å²) in [5.41, 5.74) is 4.29. The van der Waals surface area contributed by atoms with Gasteiger partial charge in [-0.3, -0.25) is 9.48 Å². The average molecular weight is 432 g/mol. The number of carbonyl (C=O) groups excluding carboxylic acids is 1. The second-order valence-electron chi connectivity index (χ2n) is 9.50. The van der Waals surface area contributed by atoms with Crippen LogP contribution in [-0.2, 0) is 18.2 Å². The number of amides is 1. The summed E-state index contributed by atoms with van der Waals surface area (Å²) in [5, 5.41) is 14.8. The number of nitrogens with zero attached hydrogens (tertiary/aromatic N) is 3. The largest absolute Gasteiger partial charge is 0.482 e. The Kier molecular flexibility index (Phi) is 4.67. The summed E-state index contributed by atoms with van der Waals surface area (Å²) < 4.78 is 8.51. The Hall–Kier alpha value is -3.12. The maximum atomic E-state index is 13.2. The van der Waals surface area contributed by atoms with Crippen LogP contribution < -0.4 is 4.74 Å². The molecule has 0 aliphatic carbocycles. The molecular formula is C26H29N3O3. The smallest absolute Gasteiger partial charge is 0.253 e. The molecule has 2 aliphatic heterocycles. The van der Waals surface area contributed by atoms with E-state index in [9.17, 15) is 9.90 Å². The SMILES string of the molecule is Cc1cc(C(=O)N2CCC3(CC2)Oc2ccccc2-c2c3cnn2C)ccc1C(C)(C)O. The first-order chi connectivity index (χ1) is 15.2. The monoisotopic (exact) mass is 431 g/mol. The molecule has 6 heteroatoms. The molecule has 3 heterocycles. The van der Waals surface area contributed by atoms with Crippen molar-refractivity contribution in [3.8, 4) is 17.0 Å². The van der Waals surface area contributed by atoms with Crippen LogP contribution in [0.15, 0.2) is 48.7 Å². The Morgan fingerprint density at radius 1 is 1.16 bits per heavy atom. The van der Waals surface area contributed by atoms with Crippen molar-refractivity contribution in [1.82, 2.24) is 14.7 Å². The minimum atomic E-state index is -0.931. The lowest BCUT2D eigenvalue weighted by Crippen LogP contribution is -2.49. The van der Waals surface area contributed by atoms with E-state index in [1.165, 1.54) is 0 Å². The first-order valence-electron chi connectivity index (χ1n) is 11.1. The Morgan fingerprint density at radius 2 is 1.88 bits per heavy atom. The van der Waals surface area contributed by atoms with Crippen LogP contribution >= 0.6 is 0 Å². The second kappa shape index (κ2) is 7.20. The van der Waals surface area contributed by atoms with Crippen LogP contribution in [0.4, 0.5) is 0 Å². The van der Waals surface area contributed by atoms with Crippen molar-refractivity contribution in [3.63, 3.8) is 0 Å². The lowest BCUT2D eigenvalue weighted by Gasteiger charge is -2.44. The zero-order valence-corrected chi connectivity index (χ0v) is 19.1. The zero-order valence-electron chi connectivity index (χ0n) is 19.1. The van der Waals surface area contributed by atoms with E-state index in [1.807, 2.05) is 66.1 Å². The minimum Gasteiger partial charge on any atom is -0.482 e. The second-order valence-corrected chi connectivity index (χ2v) is 9.50. The Bertz CT molecular complexity index is 1200. The van der Waals surface area contributed by atoms with Gasteiger partial charge < -0.3 is 14.7 Å². The highest BCUT2D eigenvalue weighted by Gasteiger charge is 2.45. The lowest BCUT2D eigenvalue weighted by molar-refractivity contribution is -0.00174. The first-order valence-corrected chi connectivity index (χ1v) is 11.1. The minimum absolute atomic E-state index is 0.0212. The van der Waals surface area contributed by atoms with Gasteiger partial charge in [0.2, 0.25) is 0 Å². The Morgan fingerprint density at radius 3 is 2.56 bits per heavy atom. The number of aromatic nitrogens is 2. The predicted molar refractivity (Wildman–Crippen MR) is 123 cm³/mol. The van der Waals surface area contributed by atoms with Gasteiger partial charge in [0.15, 0.2) is 0 Å². The maximum Gasteiger partial charge on any atom is 0.253 e. The molecule has 2 aromatic carbocycles. The summed E-state index contributed by atoms with van der Waals surface area (Å²) in [6, 6.07) is 13.7. The summed E-state index contributed by atoms with van der Waals surface area (Å²) >= 11 is 0. The molecule has 6 nitrogen and oxygen atoms in total. The maximum absolute atomic E-state index is 13.2. The standard InChI is InChI=1S/C26H29N3O3/c1-17-15-18(9-10-20(17)25(2,3)31)24(30)29-13-11-26(12-14-29)21-16-27-28(4)23(21)19-7-5-6-8-22(19)32-26/h5-10,15-16,31H,11-14H2,1-4H3. The van der Waals surface area contributed by atoms with Crippen LogP contribution in [-0.4, -0.2) is 38.8 Å². The number of piperidine rings is 1. The van der Waals surface area contributed by atoms with Crippen molar-refractivity contribution < 1.29 is 14.6 Å². The van der Waals surface area contributed by atoms with Gasteiger partial charge in [-0.15, -0.1) is 0 Å². The van der Waals surface area contributed by atoms with Gasteiger partial charge in [0.1, 0.15) is 11.4 Å². The van der Waals surface area contributed by atoms with Crippen molar-refractivity contribution in [2.45, 2.75) is 44.8 Å². The van der Waals surface area contributed by atoms with Crippen LogP contribution in [0.5, 0.6) is 5.75 Å². The van der Waals surface area contributed by atoms with Crippen LogP contribution in [0.2, 0.25) is 0 Å². The van der Waals surface area contributed by atoms with E-state index in [0.717, 1.165) is 33.7 Å². The summed E-state index contributed by atoms with van der Waals surface area (Å²) in [5.74, 6) is 0.897. The molecule has 3 aromatic rings. The quantitative estimate of drug-likeness (QED) is 0.662. The number of rotatable bonds is 2. The van der Waals surface area contributed by atoms with Gasteiger partial charge in [-0.25, -0.2) is 0 Å². The van der Waals surface area contributed by atoms with Gasteiger partial charge >= 0.3 is 0 Å². The fourth-order valence-electron chi connectivity index (χ4n) is 5.22. The van der Waals surface area contributed by atoms with E-state index in [-0.39, 0.29) is 5.91 Å². The number of fused-ring (bicyclic) bond motifs is 4. The molecule has 1 aromatic heterocycles. The third-order valence-electron chi connectivity index (χ3n) is 6.87. The van der Waals surface area contributed by atoms with E-state index >= 15 is 0 Å². The number of aliphatic hydroxyl groups is 1. The fraction of sp³-hybridized carbons (Fsp3) is 0.385. The summed E-state index contributed by atoms with van der Waals surface area (Å²) in [4.78, 5) is 15.1. The summed E-state index contributed by atoms with van der Waals surface area (Å²) in [7, 11) is 1.97. The molecule has 0 saturated carbocycles. The number of aryl methyl sites for hydroxylation is 2. The van der Waals surface area contributed by atoms with Gasteiger partial charge in [-0.2, -0.15) is 5.10 Å². The topological polar surface area (TPSA) is 67.6 Å². The molecule has 0 atom stereocenters. The van der Waals surface area contributed by atoms with Gasteiger partial charge in [-0.1, -0.05) is 18.2 Å². The number of benzene rings is 2. The highest BCUT2D eigenvalue weighted by Crippen LogP contribution is 2.49. The summed E-state index contributed by atoms with van der Waals surface area (Å²) in [6.07, 6.45) is 3.35. The third-order valence-corrected chi connectivity index (χ3v) is 6.87. The van der Waals surface area contributed by atoms with Crippen LogP contribution in [0.1, 0.15) is 53.7 Å². The van der Waals surface area contributed by atoms with E-state index in [1.54, 1.807) is 13.8 Å². The number of hydrogen-bond acceptors (Lipinski definition) is 4. The first kappa shape index (κ1) is 20.8. The molecule has 32 heavy (non-hydrogen) atoms. The van der Waals surface area contributed by atoms with E-state index in [0.29, 0.717) is 31.5 Å². The molecule has 1 fully saturated rings. The highest BCUT2D eigenvalue weighted by atomic mass is 16.5. The zero-order chi connectivity index (χ0) is 22.7. The van der Waals surface area contributed by atoms with Crippen LogP contribution in [0, 0.1) is 6.92 Å². The average Bonchev–Trinajstić information content (AvgIpc) is 3.16. The van der Waals surface area contributed by atoms with E-state index < -0.39 is 11.2 Å². The fourth-order valence-corrected chi connectivity index (χ4v) is 5.22. The Balaban J connectivity index is 1.39.